The molecule has 110 valence electrons. The normalized spacial score (nSPS) is 22.4. The average Bonchev–Trinajstić information content (AvgIpc) is 2.88. The van der Waals surface area contributed by atoms with Gasteiger partial charge in [-0.3, -0.25) is 14.9 Å². The predicted octanol–water partition coefficient (Wildman–Crippen LogP) is 3.44. The van der Waals surface area contributed by atoms with Crippen LogP contribution in [0.3, 0.4) is 0 Å². The molecule has 0 radical (unpaired) electrons. The average molecular weight is 314 g/mol. The minimum atomic E-state index is -0.395. The maximum atomic E-state index is 11.9. The van der Waals surface area contributed by atoms with Crippen molar-refractivity contribution in [3.8, 4) is 0 Å². The van der Waals surface area contributed by atoms with Crippen LogP contribution in [-0.4, -0.2) is 22.6 Å². The fraction of sp³-hybridized carbons (Fsp3) is 0.615. The van der Waals surface area contributed by atoms with E-state index in [4.69, 9.17) is 0 Å². The summed E-state index contributed by atoms with van der Waals surface area (Å²) in [7, 11) is 0. The third-order valence-corrected chi connectivity index (χ3v) is 5.63. The number of thiophene rings is 1. The van der Waals surface area contributed by atoms with E-state index in [-0.39, 0.29) is 22.7 Å². The predicted molar refractivity (Wildman–Crippen MR) is 81.3 cm³/mol. The molecule has 7 heteroatoms. The summed E-state index contributed by atoms with van der Waals surface area (Å²) < 4.78 is 0. The highest BCUT2D eigenvalue weighted by Crippen LogP contribution is 2.34. The van der Waals surface area contributed by atoms with Gasteiger partial charge in [0.15, 0.2) is 0 Å². The maximum Gasteiger partial charge on any atom is 0.337 e. The zero-order valence-corrected chi connectivity index (χ0v) is 13.0. The van der Waals surface area contributed by atoms with Gasteiger partial charge < -0.3 is 5.32 Å². The SMILES string of the molecule is CC1CCCCC1NC(=O)CSc1ccsc1[N+](=O)[O-]. The van der Waals surface area contributed by atoms with Crippen molar-refractivity contribution < 1.29 is 9.72 Å². The van der Waals surface area contributed by atoms with Gasteiger partial charge in [-0.15, -0.1) is 11.8 Å². The number of nitrogens with zero attached hydrogens (tertiary/aromatic N) is 1. The van der Waals surface area contributed by atoms with Gasteiger partial charge in [-0.25, -0.2) is 0 Å². The Morgan fingerprint density at radius 2 is 2.30 bits per heavy atom. The van der Waals surface area contributed by atoms with Crippen LogP contribution >= 0.6 is 23.1 Å². The monoisotopic (exact) mass is 314 g/mol. The molecule has 0 saturated heterocycles. The lowest BCUT2D eigenvalue weighted by Gasteiger charge is -2.29. The van der Waals surface area contributed by atoms with Crippen molar-refractivity contribution in [3.63, 3.8) is 0 Å². The largest absolute Gasteiger partial charge is 0.352 e. The fourth-order valence-corrected chi connectivity index (χ4v) is 4.20. The Bertz CT molecular complexity index is 490. The zero-order chi connectivity index (χ0) is 14.5. The van der Waals surface area contributed by atoms with E-state index in [1.54, 1.807) is 11.4 Å². The lowest BCUT2D eigenvalue weighted by molar-refractivity contribution is -0.382. The molecular weight excluding hydrogens is 296 g/mol. The van der Waals surface area contributed by atoms with Gasteiger partial charge in [-0.2, -0.15) is 0 Å². The lowest BCUT2D eigenvalue weighted by atomic mass is 9.86. The number of thioether (sulfide) groups is 1. The van der Waals surface area contributed by atoms with E-state index in [0.29, 0.717) is 10.8 Å². The first-order valence-electron chi connectivity index (χ1n) is 6.72. The molecule has 0 aliphatic heterocycles. The van der Waals surface area contributed by atoms with Crippen molar-refractivity contribution in [1.29, 1.82) is 0 Å². The van der Waals surface area contributed by atoms with Crippen LogP contribution in [0.4, 0.5) is 5.00 Å². The zero-order valence-electron chi connectivity index (χ0n) is 11.3. The van der Waals surface area contributed by atoms with Crippen LogP contribution in [0.15, 0.2) is 16.3 Å². The minimum absolute atomic E-state index is 0.0331. The van der Waals surface area contributed by atoms with Crippen LogP contribution < -0.4 is 5.32 Å². The molecule has 1 saturated carbocycles. The van der Waals surface area contributed by atoms with Gasteiger partial charge in [0, 0.05) is 6.04 Å². The van der Waals surface area contributed by atoms with E-state index in [1.807, 2.05) is 0 Å². The Hall–Kier alpha value is -1.08. The number of amides is 1. The van der Waals surface area contributed by atoms with Crippen LogP contribution in [0.5, 0.6) is 0 Å². The van der Waals surface area contributed by atoms with Gasteiger partial charge in [0.25, 0.3) is 0 Å². The number of rotatable bonds is 5. The van der Waals surface area contributed by atoms with Gasteiger partial charge in [0.05, 0.1) is 15.6 Å². The van der Waals surface area contributed by atoms with Gasteiger partial charge in [0.2, 0.25) is 5.91 Å². The van der Waals surface area contributed by atoms with E-state index in [1.165, 1.54) is 24.6 Å². The molecule has 5 nitrogen and oxygen atoms in total. The summed E-state index contributed by atoms with van der Waals surface area (Å²) in [6, 6.07) is 1.96. The summed E-state index contributed by atoms with van der Waals surface area (Å²) in [4.78, 5) is 22.9. The molecule has 1 fully saturated rings. The van der Waals surface area contributed by atoms with Gasteiger partial charge >= 0.3 is 5.00 Å². The highest BCUT2D eigenvalue weighted by Gasteiger charge is 2.23. The van der Waals surface area contributed by atoms with Crippen LogP contribution in [0.25, 0.3) is 0 Å². The Morgan fingerprint density at radius 3 is 3.00 bits per heavy atom. The van der Waals surface area contributed by atoms with Crippen LogP contribution in [0.1, 0.15) is 32.6 Å². The quantitative estimate of drug-likeness (QED) is 0.513. The van der Waals surface area contributed by atoms with E-state index >= 15 is 0 Å². The van der Waals surface area contributed by atoms with E-state index in [0.717, 1.165) is 24.2 Å². The Kier molecular flexibility index (Phi) is 5.42. The molecule has 1 heterocycles. The molecule has 0 bridgehead atoms. The minimum Gasteiger partial charge on any atom is -0.352 e. The lowest BCUT2D eigenvalue weighted by Crippen LogP contribution is -2.41. The van der Waals surface area contributed by atoms with Crippen molar-refractivity contribution in [3.05, 3.63) is 21.6 Å². The number of carbonyl (C=O) groups is 1. The topological polar surface area (TPSA) is 72.2 Å². The van der Waals surface area contributed by atoms with Crippen molar-refractivity contribution in [1.82, 2.24) is 5.32 Å². The number of hydrogen-bond donors (Lipinski definition) is 1. The van der Waals surface area contributed by atoms with Crippen molar-refractivity contribution in [2.75, 3.05) is 5.75 Å². The van der Waals surface area contributed by atoms with Crippen LogP contribution in [0, 0.1) is 16.0 Å². The second-order valence-corrected chi connectivity index (χ2v) is 6.98. The van der Waals surface area contributed by atoms with E-state index < -0.39 is 4.92 Å². The highest BCUT2D eigenvalue weighted by molar-refractivity contribution is 8.00. The number of nitrogens with one attached hydrogen (secondary N) is 1. The molecule has 20 heavy (non-hydrogen) atoms. The van der Waals surface area contributed by atoms with Crippen molar-refractivity contribution >= 4 is 34.0 Å². The second-order valence-electron chi connectivity index (χ2n) is 5.07. The summed E-state index contributed by atoms with van der Waals surface area (Å²) in [6.07, 6.45) is 4.60. The standard InChI is InChI=1S/C13H18N2O3S2/c1-9-4-2-3-5-10(9)14-12(16)8-20-11-6-7-19-13(11)15(17)18/h6-7,9-10H,2-5,8H2,1H3,(H,14,16). The molecule has 2 unspecified atom stereocenters. The summed E-state index contributed by atoms with van der Waals surface area (Å²) in [6.45, 7) is 2.17. The smallest absolute Gasteiger partial charge is 0.337 e. The highest BCUT2D eigenvalue weighted by atomic mass is 32.2. The molecule has 1 N–H and O–H groups in total. The van der Waals surface area contributed by atoms with Gasteiger partial charge in [-0.05, 0) is 30.2 Å². The third-order valence-electron chi connectivity index (χ3n) is 3.59. The molecular formula is C13H18N2O3S2. The first-order chi connectivity index (χ1) is 9.58. The second kappa shape index (κ2) is 7.08. The maximum absolute atomic E-state index is 11.9. The Balaban J connectivity index is 1.83. The molecule has 1 aromatic heterocycles. The molecule has 1 aromatic rings. The molecule has 1 aliphatic carbocycles. The summed E-state index contributed by atoms with van der Waals surface area (Å²) in [5.74, 6) is 0.725. The van der Waals surface area contributed by atoms with Gasteiger partial charge in [0.1, 0.15) is 0 Å². The number of carbonyl (C=O) groups excluding carboxylic acids is 1. The van der Waals surface area contributed by atoms with E-state index in [9.17, 15) is 14.9 Å². The van der Waals surface area contributed by atoms with Crippen LogP contribution in [-0.2, 0) is 4.79 Å². The van der Waals surface area contributed by atoms with Crippen molar-refractivity contribution in [2.24, 2.45) is 5.92 Å². The number of hydrogen-bond acceptors (Lipinski definition) is 5. The summed E-state index contributed by atoms with van der Waals surface area (Å²) >= 11 is 2.33. The molecule has 0 aromatic carbocycles. The first kappa shape index (κ1) is 15.3. The fourth-order valence-electron chi connectivity index (χ4n) is 2.45. The summed E-state index contributed by atoms with van der Waals surface area (Å²) in [5.41, 5.74) is 0. The van der Waals surface area contributed by atoms with Gasteiger partial charge in [-0.1, -0.05) is 31.1 Å². The molecule has 1 aliphatic rings. The van der Waals surface area contributed by atoms with E-state index in [2.05, 4.69) is 12.2 Å². The first-order valence-corrected chi connectivity index (χ1v) is 8.58. The number of nitro groups is 1. The molecule has 1 amide bonds. The molecule has 2 rings (SSSR count). The third kappa shape index (κ3) is 3.96. The van der Waals surface area contributed by atoms with Crippen LogP contribution in [0.2, 0.25) is 0 Å². The Labute approximate surface area is 126 Å². The molecule has 2 atom stereocenters. The molecule has 0 spiro atoms. The Morgan fingerprint density at radius 1 is 1.55 bits per heavy atom. The summed E-state index contributed by atoms with van der Waals surface area (Å²) in [5, 5.41) is 15.6. The van der Waals surface area contributed by atoms with Crippen molar-refractivity contribution in [2.45, 2.75) is 43.5 Å².